The third-order valence-corrected chi connectivity index (χ3v) is 4.88. The van der Waals surface area contributed by atoms with E-state index in [1.807, 2.05) is 36.1 Å². The van der Waals surface area contributed by atoms with Crippen molar-refractivity contribution < 1.29 is 14.3 Å². The lowest BCUT2D eigenvalue weighted by molar-refractivity contribution is 0.0655. The second-order valence-corrected chi connectivity index (χ2v) is 6.70. The van der Waals surface area contributed by atoms with Crippen LogP contribution in [-0.2, 0) is 6.61 Å². The van der Waals surface area contributed by atoms with Gasteiger partial charge in [0.25, 0.3) is 5.91 Å². The molecule has 1 N–H and O–H groups in total. The first-order chi connectivity index (χ1) is 12.6. The molecular weight excluding hydrogens is 352 g/mol. The number of halogens is 1. The molecule has 0 radical (unpaired) electrons. The Bertz CT molecular complexity index is 781. The summed E-state index contributed by atoms with van der Waals surface area (Å²) < 4.78 is 11.3. The summed E-state index contributed by atoms with van der Waals surface area (Å²) in [6.45, 7) is 4.70. The van der Waals surface area contributed by atoms with Crippen LogP contribution in [0.5, 0.6) is 11.5 Å². The maximum Gasteiger partial charge on any atom is 0.254 e. The Morgan fingerprint density at radius 2 is 2.08 bits per heavy atom. The molecule has 0 unspecified atom stereocenters. The van der Waals surface area contributed by atoms with Crippen LogP contribution in [0.1, 0.15) is 22.8 Å². The highest BCUT2D eigenvalue weighted by Gasteiger charge is 2.24. The number of carbonyl (C=O) groups is 1. The van der Waals surface area contributed by atoms with Crippen LogP contribution in [0.15, 0.2) is 42.5 Å². The van der Waals surface area contributed by atoms with Gasteiger partial charge in [-0.1, -0.05) is 29.8 Å². The molecule has 1 amide bonds. The topological polar surface area (TPSA) is 50.8 Å². The minimum Gasteiger partial charge on any atom is -0.493 e. The number of hydrogen-bond acceptors (Lipinski definition) is 4. The van der Waals surface area contributed by atoms with E-state index < -0.39 is 0 Å². The zero-order valence-electron chi connectivity index (χ0n) is 15.0. The van der Waals surface area contributed by atoms with Crippen LogP contribution in [0, 0.1) is 0 Å². The number of carbonyl (C=O) groups excluding carboxylic acids is 1. The van der Waals surface area contributed by atoms with Crippen LogP contribution >= 0.6 is 11.6 Å². The first kappa shape index (κ1) is 18.5. The maximum atomic E-state index is 12.8. The van der Waals surface area contributed by atoms with Crippen LogP contribution in [0.3, 0.4) is 0 Å². The third-order valence-electron chi connectivity index (χ3n) is 4.51. The van der Waals surface area contributed by atoms with Gasteiger partial charge < -0.3 is 19.7 Å². The number of benzene rings is 2. The van der Waals surface area contributed by atoms with Crippen molar-refractivity contribution >= 4 is 17.5 Å². The van der Waals surface area contributed by atoms with Gasteiger partial charge in [0.2, 0.25) is 0 Å². The van der Waals surface area contributed by atoms with Crippen molar-refractivity contribution in [2.45, 2.75) is 19.6 Å². The summed E-state index contributed by atoms with van der Waals surface area (Å²) in [5.74, 6) is 1.12. The number of nitrogens with one attached hydrogen (secondary N) is 1. The van der Waals surface area contributed by atoms with E-state index >= 15 is 0 Å². The molecule has 0 bridgehead atoms. The fourth-order valence-corrected chi connectivity index (χ4v) is 3.19. The summed E-state index contributed by atoms with van der Waals surface area (Å²) >= 11 is 6.16. The molecule has 1 atom stereocenters. The van der Waals surface area contributed by atoms with Crippen LogP contribution in [0.4, 0.5) is 0 Å². The Labute approximate surface area is 158 Å². The maximum absolute atomic E-state index is 12.8. The van der Waals surface area contributed by atoms with Crippen LogP contribution in [-0.4, -0.2) is 43.6 Å². The van der Waals surface area contributed by atoms with E-state index in [2.05, 4.69) is 5.32 Å². The Balaban J connectivity index is 1.75. The van der Waals surface area contributed by atoms with Crippen LogP contribution in [0.25, 0.3) is 0 Å². The molecule has 0 aromatic heterocycles. The smallest absolute Gasteiger partial charge is 0.254 e. The molecule has 1 aliphatic heterocycles. The summed E-state index contributed by atoms with van der Waals surface area (Å²) in [6, 6.07) is 13.0. The van der Waals surface area contributed by atoms with Crippen molar-refractivity contribution in [2.24, 2.45) is 0 Å². The van der Waals surface area contributed by atoms with E-state index in [9.17, 15) is 4.79 Å². The van der Waals surface area contributed by atoms with E-state index in [4.69, 9.17) is 21.1 Å². The predicted octanol–water partition coefficient (Wildman–Crippen LogP) is 3.36. The van der Waals surface area contributed by atoms with Gasteiger partial charge in [-0.25, -0.2) is 0 Å². The van der Waals surface area contributed by atoms with Gasteiger partial charge in [-0.05, 0) is 31.2 Å². The van der Waals surface area contributed by atoms with Crippen molar-refractivity contribution in [3.63, 3.8) is 0 Å². The van der Waals surface area contributed by atoms with Gasteiger partial charge >= 0.3 is 0 Å². The number of amides is 1. The molecule has 2 aromatic carbocycles. The van der Waals surface area contributed by atoms with Crippen molar-refractivity contribution in [1.29, 1.82) is 0 Å². The zero-order chi connectivity index (χ0) is 18.5. The molecule has 2 aromatic rings. The van der Waals surface area contributed by atoms with Gasteiger partial charge in [0.1, 0.15) is 6.61 Å². The number of piperazine rings is 1. The molecule has 138 valence electrons. The monoisotopic (exact) mass is 374 g/mol. The van der Waals surface area contributed by atoms with E-state index in [0.717, 1.165) is 18.7 Å². The standard InChI is InChI=1S/C20H23ClN2O3/c1-14-12-22-9-10-23(14)20(24)15-7-8-18(19(11-15)25-2)26-13-16-5-3-4-6-17(16)21/h3-8,11,14,22H,9-10,12-13H2,1-2H3/t14-/m1/s1. The van der Waals surface area contributed by atoms with Crippen molar-refractivity contribution in [2.75, 3.05) is 26.7 Å². The summed E-state index contributed by atoms with van der Waals surface area (Å²) in [7, 11) is 1.57. The Morgan fingerprint density at radius 1 is 1.27 bits per heavy atom. The highest BCUT2D eigenvalue weighted by Crippen LogP contribution is 2.30. The molecule has 3 rings (SSSR count). The van der Waals surface area contributed by atoms with E-state index in [0.29, 0.717) is 35.2 Å². The summed E-state index contributed by atoms with van der Waals surface area (Å²) in [4.78, 5) is 14.7. The average Bonchev–Trinajstić information content (AvgIpc) is 2.67. The Hall–Kier alpha value is -2.24. The van der Waals surface area contributed by atoms with Gasteiger partial charge in [-0.2, -0.15) is 0 Å². The second-order valence-electron chi connectivity index (χ2n) is 6.30. The van der Waals surface area contributed by atoms with E-state index in [-0.39, 0.29) is 11.9 Å². The minimum atomic E-state index is 0.00922. The molecule has 0 saturated carbocycles. The number of methoxy groups -OCH3 is 1. The molecule has 5 nitrogen and oxygen atoms in total. The summed E-state index contributed by atoms with van der Waals surface area (Å²) in [6.07, 6.45) is 0. The highest BCUT2D eigenvalue weighted by molar-refractivity contribution is 6.31. The van der Waals surface area contributed by atoms with E-state index in [1.54, 1.807) is 25.3 Å². The van der Waals surface area contributed by atoms with Gasteiger partial charge in [-0.3, -0.25) is 4.79 Å². The number of hydrogen-bond donors (Lipinski definition) is 1. The van der Waals surface area contributed by atoms with Crippen molar-refractivity contribution in [1.82, 2.24) is 10.2 Å². The van der Waals surface area contributed by atoms with Crippen LogP contribution in [0.2, 0.25) is 5.02 Å². The van der Waals surface area contributed by atoms with Crippen molar-refractivity contribution in [3.05, 3.63) is 58.6 Å². The van der Waals surface area contributed by atoms with Gasteiger partial charge in [-0.15, -0.1) is 0 Å². The molecule has 1 saturated heterocycles. The fraction of sp³-hybridized carbons (Fsp3) is 0.350. The molecule has 1 fully saturated rings. The second kappa shape index (κ2) is 8.43. The average molecular weight is 375 g/mol. The normalized spacial score (nSPS) is 17.0. The lowest BCUT2D eigenvalue weighted by Gasteiger charge is -2.34. The Kier molecular flexibility index (Phi) is 6.01. The third kappa shape index (κ3) is 4.11. The fourth-order valence-electron chi connectivity index (χ4n) is 3.00. The van der Waals surface area contributed by atoms with Crippen molar-refractivity contribution in [3.8, 4) is 11.5 Å². The van der Waals surface area contributed by atoms with Gasteiger partial charge in [0.15, 0.2) is 11.5 Å². The summed E-state index contributed by atoms with van der Waals surface area (Å²) in [5.41, 5.74) is 1.49. The molecule has 26 heavy (non-hydrogen) atoms. The molecule has 6 heteroatoms. The number of ether oxygens (including phenoxy) is 2. The van der Waals surface area contributed by atoms with Gasteiger partial charge in [0.05, 0.1) is 7.11 Å². The predicted molar refractivity (Wildman–Crippen MR) is 102 cm³/mol. The van der Waals surface area contributed by atoms with Crippen LogP contribution < -0.4 is 14.8 Å². The molecule has 0 spiro atoms. The summed E-state index contributed by atoms with van der Waals surface area (Å²) in [5, 5.41) is 3.95. The number of nitrogens with zero attached hydrogens (tertiary/aromatic N) is 1. The first-order valence-electron chi connectivity index (χ1n) is 8.66. The quantitative estimate of drug-likeness (QED) is 0.871. The lowest BCUT2D eigenvalue weighted by Crippen LogP contribution is -2.52. The Morgan fingerprint density at radius 3 is 2.81 bits per heavy atom. The molecular formula is C20H23ClN2O3. The largest absolute Gasteiger partial charge is 0.493 e. The zero-order valence-corrected chi connectivity index (χ0v) is 15.8. The molecule has 1 heterocycles. The minimum absolute atomic E-state index is 0.00922. The SMILES string of the molecule is COc1cc(C(=O)N2CCNC[C@H]2C)ccc1OCc1ccccc1Cl. The molecule has 1 aliphatic rings. The first-order valence-corrected chi connectivity index (χ1v) is 9.04. The highest BCUT2D eigenvalue weighted by atomic mass is 35.5. The molecule has 0 aliphatic carbocycles. The number of rotatable bonds is 5. The van der Waals surface area contributed by atoms with E-state index in [1.165, 1.54) is 0 Å². The van der Waals surface area contributed by atoms with Gasteiger partial charge in [0, 0.05) is 41.8 Å². The lowest BCUT2D eigenvalue weighted by atomic mass is 10.1.